The number of amides is 2. The van der Waals surface area contributed by atoms with Gasteiger partial charge in [0.05, 0.1) is 23.2 Å². The number of rotatable bonds is 1. The predicted octanol–water partition coefficient (Wildman–Crippen LogP) is 2.10. The van der Waals surface area contributed by atoms with Crippen LogP contribution in [-0.4, -0.2) is 16.8 Å². The van der Waals surface area contributed by atoms with Gasteiger partial charge < -0.3 is 10.3 Å². The van der Waals surface area contributed by atoms with Gasteiger partial charge in [0.25, 0.3) is 11.8 Å². The van der Waals surface area contributed by atoms with Gasteiger partial charge in [0, 0.05) is 22.7 Å². The molecule has 0 fully saturated rings. The topological polar surface area (TPSA) is 97.8 Å². The van der Waals surface area contributed by atoms with E-state index in [1.54, 1.807) is 18.3 Å². The number of nitriles is 1. The number of hydrogen-bond acceptors (Lipinski definition) is 4. The lowest BCUT2D eigenvalue weighted by Gasteiger charge is -2.21. The Morgan fingerprint density at radius 1 is 1.00 bits per heavy atom. The SMILES string of the molecule is N#Cc1ccc(C2NC3=C(C(=O)NC3=O)c3c[nH]c4cccc2c34)cc1. The van der Waals surface area contributed by atoms with Gasteiger partial charge in [-0.1, -0.05) is 24.3 Å². The van der Waals surface area contributed by atoms with Crippen molar-refractivity contribution < 1.29 is 9.59 Å². The molecule has 124 valence electrons. The molecule has 5 rings (SSSR count). The van der Waals surface area contributed by atoms with Crippen LogP contribution < -0.4 is 10.6 Å². The van der Waals surface area contributed by atoms with Crippen molar-refractivity contribution in [2.45, 2.75) is 6.04 Å². The average Bonchev–Trinajstić information content (AvgIpc) is 3.14. The smallest absolute Gasteiger partial charge is 0.275 e. The number of nitrogens with zero attached hydrogens (tertiary/aromatic N) is 1. The highest BCUT2D eigenvalue weighted by atomic mass is 16.2. The zero-order chi connectivity index (χ0) is 17.8. The van der Waals surface area contributed by atoms with Gasteiger partial charge in [-0.2, -0.15) is 5.26 Å². The summed E-state index contributed by atoms with van der Waals surface area (Å²) in [6.45, 7) is 0. The molecular weight excluding hydrogens is 328 g/mol. The average molecular weight is 340 g/mol. The third-order valence-corrected chi connectivity index (χ3v) is 4.91. The van der Waals surface area contributed by atoms with Crippen molar-refractivity contribution in [2.24, 2.45) is 0 Å². The van der Waals surface area contributed by atoms with E-state index >= 15 is 0 Å². The van der Waals surface area contributed by atoms with E-state index in [0.717, 1.165) is 27.6 Å². The third kappa shape index (κ3) is 1.85. The van der Waals surface area contributed by atoms with Crippen LogP contribution in [0.5, 0.6) is 0 Å². The maximum atomic E-state index is 12.4. The molecule has 0 saturated carbocycles. The van der Waals surface area contributed by atoms with E-state index in [1.807, 2.05) is 30.3 Å². The van der Waals surface area contributed by atoms with Crippen molar-refractivity contribution in [3.63, 3.8) is 0 Å². The van der Waals surface area contributed by atoms with Crippen LogP contribution >= 0.6 is 0 Å². The van der Waals surface area contributed by atoms with Crippen LogP contribution in [0, 0.1) is 11.3 Å². The molecule has 6 heteroatoms. The van der Waals surface area contributed by atoms with Crippen LogP contribution in [0.4, 0.5) is 0 Å². The van der Waals surface area contributed by atoms with E-state index in [0.29, 0.717) is 11.1 Å². The molecule has 26 heavy (non-hydrogen) atoms. The second-order valence-corrected chi connectivity index (χ2v) is 6.32. The fourth-order valence-electron chi connectivity index (χ4n) is 3.74. The molecule has 3 N–H and O–H groups in total. The molecule has 0 spiro atoms. The minimum atomic E-state index is -0.425. The molecule has 3 heterocycles. The van der Waals surface area contributed by atoms with Crippen molar-refractivity contribution in [1.29, 1.82) is 5.26 Å². The first-order chi connectivity index (χ1) is 12.7. The Kier molecular flexibility index (Phi) is 2.83. The highest BCUT2D eigenvalue weighted by molar-refractivity contribution is 6.37. The second-order valence-electron chi connectivity index (χ2n) is 6.32. The first-order valence-corrected chi connectivity index (χ1v) is 8.14. The molecule has 1 unspecified atom stereocenters. The number of hydrogen-bond donors (Lipinski definition) is 3. The normalized spacial score (nSPS) is 18.2. The number of fused-ring (bicyclic) bond motifs is 1. The van der Waals surface area contributed by atoms with E-state index in [9.17, 15) is 9.59 Å². The first kappa shape index (κ1) is 14.5. The zero-order valence-corrected chi connectivity index (χ0v) is 13.5. The summed E-state index contributed by atoms with van der Waals surface area (Å²) in [6.07, 6.45) is 1.77. The maximum absolute atomic E-state index is 12.4. The van der Waals surface area contributed by atoms with E-state index in [4.69, 9.17) is 5.26 Å². The number of aromatic nitrogens is 1. The lowest BCUT2D eigenvalue weighted by atomic mass is 9.94. The minimum Gasteiger partial charge on any atom is -0.369 e. The van der Waals surface area contributed by atoms with E-state index < -0.39 is 11.8 Å². The van der Waals surface area contributed by atoms with Crippen LogP contribution in [0.15, 0.2) is 54.4 Å². The van der Waals surface area contributed by atoms with Gasteiger partial charge in [0.15, 0.2) is 0 Å². The van der Waals surface area contributed by atoms with Crippen LogP contribution in [0.1, 0.15) is 28.3 Å². The van der Waals surface area contributed by atoms with Crippen molar-refractivity contribution in [2.75, 3.05) is 0 Å². The summed E-state index contributed by atoms with van der Waals surface area (Å²) in [5.74, 6) is -0.820. The lowest BCUT2D eigenvalue weighted by molar-refractivity contribution is -0.123. The summed E-state index contributed by atoms with van der Waals surface area (Å²) in [7, 11) is 0. The predicted molar refractivity (Wildman–Crippen MR) is 94.5 cm³/mol. The Balaban J connectivity index is 1.80. The maximum Gasteiger partial charge on any atom is 0.275 e. The van der Waals surface area contributed by atoms with Gasteiger partial charge >= 0.3 is 0 Å². The van der Waals surface area contributed by atoms with Crippen molar-refractivity contribution in [3.05, 3.63) is 76.6 Å². The van der Waals surface area contributed by atoms with Gasteiger partial charge in [0.2, 0.25) is 0 Å². The molecule has 2 amide bonds. The largest absolute Gasteiger partial charge is 0.369 e. The molecule has 0 saturated heterocycles. The van der Waals surface area contributed by atoms with Gasteiger partial charge in [0.1, 0.15) is 5.70 Å². The quantitative estimate of drug-likeness (QED) is 0.591. The van der Waals surface area contributed by atoms with E-state index in [-0.39, 0.29) is 11.7 Å². The monoisotopic (exact) mass is 340 g/mol. The molecule has 2 aliphatic rings. The van der Waals surface area contributed by atoms with Crippen LogP contribution in [0.3, 0.4) is 0 Å². The highest BCUT2D eigenvalue weighted by Crippen LogP contribution is 2.39. The molecule has 6 nitrogen and oxygen atoms in total. The lowest BCUT2D eigenvalue weighted by Crippen LogP contribution is -2.30. The molecule has 2 aromatic carbocycles. The molecule has 0 bridgehead atoms. The number of benzene rings is 2. The Morgan fingerprint density at radius 2 is 1.81 bits per heavy atom. The molecular formula is C20H12N4O2. The number of nitrogens with one attached hydrogen (secondary N) is 3. The van der Waals surface area contributed by atoms with Crippen LogP contribution in [-0.2, 0) is 9.59 Å². The van der Waals surface area contributed by atoms with Crippen molar-refractivity contribution in [1.82, 2.24) is 15.6 Å². The van der Waals surface area contributed by atoms with E-state index in [1.165, 1.54) is 0 Å². The summed E-state index contributed by atoms with van der Waals surface area (Å²) >= 11 is 0. The van der Waals surface area contributed by atoms with Gasteiger partial charge in [-0.25, -0.2) is 0 Å². The Bertz CT molecular complexity index is 1180. The third-order valence-electron chi connectivity index (χ3n) is 4.91. The van der Waals surface area contributed by atoms with Crippen LogP contribution in [0.2, 0.25) is 0 Å². The number of H-pyrrole nitrogens is 1. The molecule has 1 aromatic heterocycles. The summed E-state index contributed by atoms with van der Waals surface area (Å²) in [5.41, 5.74) is 4.71. The van der Waals surface area contributed by atoms with Crippen molar-refractivity contribution >= 4 is 28.3 Å². The Morgan fingerprint density at radius 3 is 2.58 bits per heavy atom. The molecule has 1 atom stereocenters. The Hall–Kier alpha value is -3.85. The molecule has 2 aliphatic heterocycles. The number of aromatic amines is 1. The summed E-state index contributed by atoms with van der Waals surface area (Å²) in [6, 6.07) is 14.9. The zero-order valence-electron chi connectivity index (χ0n) is 13.5. The fraction of sp³-hybridized carbons (Fsp3) is 0.0500. The number of carbonyl (C=O) groups excluding carboxylic acids is 2. The fourth-order valence-corrected chi connectivity index (χ4v) is 3.74. The van der Waals surface area contributed by atoms with Gasteiger partial charge in [-0.3, -0.25) is 14.9 Å². The number of carbonyl (C=O) groups is 2. The minimum absolute atomic E-state index is 0.279. The molecule has 3 aromatic rings. The highest BCUT2D eigenvalue weighted by Gasteiger charge is 2.37. The summed E-state index contributed by atoms with van der Waals surface area (Å²) in [5, 5.41) is 15.6. The second kappa shape index (κ2) is 5.07. The first-order valence-electron chi connectivity index (χ1n) is 8.14. The molecule has 0 radical (unpaired) electrons. The Labute approximate surface area is 148 Å². The van der Waals surface area contributed by atoms with Crippen molar-refractivity contribution in [3.8, 4) is 6.07 Å². The van der Waals surface area contributed by atoms with E-state index in [2.05, 4.69) is 21.7 Å². The number of imide groups is 1. The summed E-state index contributed by atoms with van der Waals surface area (Å²) < 4.78 is 0. The van der Waals surface area contributed by atoms with Gasteiger partial charge in [-0.05, 0) is 29.3 Å². The summed E-state index contributed by atoms with van der Waals surface area (Å²) in [4.78, 5) is 27.9. The molecule has 0 aliphatic carbocycles. The standard InChI is InChI=1S/C20H12N4O2/c21-8-10-4-6-11(7-5-10)17-12-2-1-3-14-15(12)13(9-22-14)16-18(23-17)20(26)24-19(16)25/h1-7,9,17,22-23H,(H,24,25,26). The van der Waals surface area contributed by atoms with Gasteiger partial charge in [-0.15, -0.1) is 0 Å². The van der Waals surface area contributed by atoms with Crippen LogP contribution in [0.25, 0.3) is 16.5 Å².